The minimum atomic E-state index is 0.185. The number of hydrogen-bond acceptors (Lipinski definition) is 5. The lowest BCUT2D eigenvalue weighted by Gasteiger charge is -2.16. The lowest BCUT2D eigenvalue weighted by Crippen LogP contribution is -2.25. The minimum Gasteiger partial charge on any atom is -0.308 e. The van der Waals surface area contributed by atoms with E-state index in [0.717, 1.165) is 41.7 Å². The third kappa shape index (κ3) is 3.45. The van der Waals surface area contributed by atoms with Crippen LogP contribution in [-0.4, -0.2) is 25.1 Å². The fraction of sp³-hybridized carbons (Fsp3) is 0.615. The Morgan fingerprint density at radius 1 is 1.45 bits per heavy atom. The number of halogens is 1. The summed E-state index contributed by atoms with van der Waals surface area (Å²) in [4.78, 5) is 0. The van der Waals surface area contributed by atoms with E-state index in [2.05, 4.69) is 48.9 Å². The Morgan fingerprint density at radius 3 is 2.80 bits per heavy atom. The largest absolute Gasteiger partial charge is 0.308 e. The average molecular weight is 358 g/mol. The van der Waals surface area contributed by atoms with Crippen LogP contribution in [0.15, 0.2) is 10.7 Å². The van der Waals surface area contributed by atoms with Gasteiger partial charge in [0.15, 0.2) is 0 Å². The molecule has 1 atom stereocenters. The second-order valence-electron chi connectivity index (χ2n) is 4.73. The standard InChI is InChI=1S/C13H20BrN5S/c1-4-6-15-10(11-8-16-20-18-11)7-12-13(14)9(5-2)17-19(12)3/h8,10,15H,4-7H2,1-3H3. The van der Waals surface area contributed by atoms with Gasteiger partial charge in [-0.25, -0.2) is 0 Å². The van der Waals surface area contributed by atoms with Gasteiger partial charge < -0.3 is 5.32 Å². The first-order valence-electron chi connectivity index (χ1n) is 6.88. The summed E-state index contributed by atoms with van der Waals surface area (Å²) in [6.07, 6.45) is 4.74. The maximum Gasteiger partial charge on any atom is 0.0916 e. The zero-order valence-corrected chi connectivity index (χ0v) is 14.5. The summed E-state index contributed by atoms with van der Waals surface area (Å²) in [7, 11) is 2.00. The van der Waals surface area contributed by atoms with E-state index in [1.54, 1.807) is 0 Å². The molecule has 0 saturated heterocycles. The smallest absolute Gasteiger partial charge is 0.0916 e. The van der Waals surface area contributed by atoms with E-state index >= 15 is 0 Å². The van der Waals surface area contributed by atoms with Crippen molar-refractivity contribution in [2.24, 2.45) is 7.05 Å². The summed E-state index contributed by atoms with van der Waals surface area (Å²) in [5.74, 6) is 0. The molecule has 0 saturated carbocycles. The van der Waals surface area contributed by atoms with Crippen LogP contribution in [0.1, 0.15) is 43.4 Å². The van der Waals surface area contributed by atoms with Gasteiger partial charge in [0, 0.05) is 13.5 Å². The maximum atomic E-state index is 4.55. The van der Waals surface area contributed by atoms with Gasteiger partial charge in [0.05, 0.1) is 45.5 Å². The van der Waals surface area contributed by atoms with Crippen molar-refractivity contribution >= 4 is 27.7 Å². The maximum absolute atomic E-state index is 4.55. The molecule has 2 aromatic heterocycles. The normalized spacial score (nSPS) is 12.8. The van der Waals surface area contributed by atoms with E-state index < -0.39 is 0 Å². The summed E-state index contributed by atoms with van der Waals surface area (Å²) in [5, 5.41) is 8.10. The van der Waals surface area contributed by atoms with Crippen LogP contribution in [0.25, 0.3) is 0 Å². The summed E-state index contributed by atoms with van der Waals surface area (Å²) in [6, 6.07) is 0.185. The van der Waals surface area contributed by atoms with Crippen LogP contribution >= 0.6 is 27.7 Å². The van der Waals surface area contributed by atoms with Gasteiger partial charge in [0.2, 0.25) is 0 Å². The fourth-order valence-corrected chi connectivity index (χ4v) is 3.41. The van der Waals surface area contributed by atoms with Crippen LogP contribution < -0.4 is 5.32 Å². The molecule has 5 nitrogen and oxygen atoms in total. The Morgan fingerprint density at radius 2 is 2.25 bits per heavy atom. The Bertz CT molecular complexity index is 537. The predicted molar refractivity (Wildman–Crippen MR) is 84.9 cm³/mol. The number of nitrogens with one attached hydrogen (secondary N) is 1. The average Bonchev–Trinajstić information content (AvgIpc) is 3.05. The van der Waals surface area contributed by atoms with Crippen LogP contribution in [0.4, 0.5) is 0 Å². The monoisotopic (exact) mass is 357 g/mol. The molecule has 2 rings (SSSR count). The van der Waals surface area contributed by atoms with Gasteiger partial charge in [-0.05, 0) is 35.3 Å². The van der Waals surface area contributed by atoms with Crippen molar-refractivity contribution in [3.05, 3.63) is 27.8 Å². The SMILES string of the molecule is CCCNC(Cc1c(Br)c(CC)nn1C)c1cnsn1. The van der Waals surface area contributed by atoms with Crippen LogP contribution in [0.2, 0.25) is 0 Å². The van der Waals surface area contributed by atoms with Gasteiger partial charge in [0.25, 0.3) is 0 Å². The lowest BCUT2D eigenvalue weighted by atomic mass is 10.1. The molecule has 0 aromatic carbocycles. The molecule has 20 heavy (non-hydrogen) atoms. The molecule has 0 fully saturated rings. The summed E-state index contributed by atoms with van der Waals surface area (Å²) < 4.78 is 11.6. The molecule has 2 heterocycles. The van der Waals surface area contributed by atoms with Crippen molar-refractivity contribution < 1.29 is 0 Å². The van der Waals surface area contributed by atoms with Crippen molar-refractivity contribution in [2.75, 3.05) is 6.54 Å². The van der Waals surface area contributed by atoms with Crippen LogP contribution in [0, 0.1) is 0 Å². The molecule has 1 N–H and O–H groups in total. The highest BCUT2D eigenvalue weighted by atomic mass is 79.9. The summed E-state index contributed by atoms with van der Waals surface area (Å²) >= 11 is 4.93. The molecule has 110 valence electrons. The Labute approximate surface area is 132 Å². The first-order chi connectivity index (χ1) is 9.67. The molecule has 1 unspecified atom stereocenters. The zero-order chi connectivity index (χ0) is 14.5. The Kier molecular flexibility index (Phi) is 5.68. The first kappa shape index (κ1) is 15.6. The highest BCUT2D eigenvalue weighted by molar-refractivity contribution is 9.10. The van der Waals surface area contributed by atoms with Gasteiger partial charge in [-0.15, -0.1) is 0 Å². The van der Waals surface area contributed by atoms with E-state index in [9.17, 15) is 0 Å². The molecule has 7 heteroatoms. The second-order valence-corrected chi connectivity index (χ2v) is 6.08. The van der Waals surface area contributed by atoms with Crippen molar-refractivity contribution in [1.29, 1.82) is 0 Å². The summed E-state index contributed by atoms with van der Waals surface area (Å²) in [5.41, 5.74) is 3.31. The van der Waals surface area contributed by atoms with Crippen molar-refractivity contribution in [3.63, 3.8) is 0 Å². The van der Waals surface area contributed by atoms with E-state index in [1.807, 2.05) is 17.9 Å². The molecule has 0 aliphatic rings. The van der Waals surface area contributed by atoms with Crippen LogP contribution in [0.5, 0.6) is 0 Å². The molecule has 0 amide bonds. The molecule has 0 aliphatic heterocycles. The number of rotatable bonds is 7. The number of nitrogens with zero attached hydrogens (tertiary/aromatic N) is 4. The van der Waals surface area contributed by atoms with E-state index in [-0.39, 0.29) is 6.04 Å². The van der Waals surface area contributed by atoms with Crippen molar-refractivity contribution in [1.82, 2.24) is 23.8 Å². The zero-order valence-electron chi connectivity index (χ0n) is 12.1. The van der Waals surface area contributed by atoms with Gasteiger partial charge in [-0.3, -0.25) is 4.68 Å². The fourth-order valence-electron chi connectivity index (χ4n) is 2.16. The van der Waals surface area contributed by atoms with Crippen molar-refractivity contribution in [3.8, 4) is 0 Å². The first-order valence-corrected chi connectivity index (χ1v) is 8.40. The summed E-state index contributed by atoms with van der Waals surface area (Å²) in [6.45, 7) is 5.25. The Hall–Kier alpha value is -0.790. The molecular weight excluding hydrogens is 338 g/mol. The molecule has 0 bridgehead atoms. The number of aromatic nitrogens is 4. The van der Waals surface area contributed by atoms with E-state index in [4.69, 9.17) is 0 Å². The van der Waals surface area contributed by atoms with Gasteiger partial charge in [0.1, 0.15) is 0 Å². The minimum absolute atomic E-state index is 0.185. The van der Waals surface area contributed by atoms with Gasteiger partial charge >= 0.3 is 0 Å². The molecule has 2 aromatic rings. The van der Waals surface area contributed by atoms with Gasteiger partial charge in [-0.2, -0.15) is 13.8 Å². The number of hydrogen-bond donors (Lipinski definition) is 1. The van der Waals surface area contributed by atoms with Crippen molar-refractivity contribution in [2.45, 2.75) is 39.2 Å². The molecule has 0 radical (unpaired) electrons. The molecular formula is C13H20BrN5S. The third-order valence-corrected chi connectivity index (χ3v) is 4.68. The third-order valence-electron chi connectivity index (χ3n) is 3.28. The van der Waals surface area contributed by atoms with E-state index in [1.165, 1.54) is 17.4 Å². The lowest BCUT2D eigenvalue weighted by molar-refractivity contribution is 0.504. The predicted octanol–water partition coefficient (Wildman–Crippen LogP) is 2.88. The van der Waals surface area contributed by atoms with Crippen LogP contribution in [0.3, 0.4) is 0 Å². The molecule has 0 spiro atoms. The van der Waals surface area contributed by atoms with Crippen LogP contribution in [-0.2, 0) is 19.9 Å². The second kappa shape index (κ2) is 7.28. The Balaban J connectivity index is 2.21. The molecule has 0 aliphatic carbocycles. The highest BCUT2D eigenvalue weighted by Crippen LogP contribution is 2.26. The quantitative estimate of drug-likeness (QED) is 0.827. The highest BCUT2D eigenvalue weighted by Gasteiger charge is 2.20. The van der Waals surface area contributed by atoms with Gasteiger partial charge in [-0.1, -0.05) is 13.8 Å². The number of aryl methyl sites for hydroxylation is 2. The topological polar surface area (TPSA) is 55.6 Å². The van der Waals surface area contributed by atoms with E-state index in [0.29, 0.717) is 0 Å².